The van der Waals surface area contributed by atoms with E-state index in [-0.39, 0.29) is 0 Å². The minimum atomic E-state index is 0.483. The molecule has 1 heterocycles. The van der Waals surface area contributed by atoms with E-state index in [1.807, 2.05) is 0 Å². The summed E-state index contributed by atoms with van der Waals surface area (Å²) in [5, 5.41) is 3.39. The zero-order chi connectivity index (χ0) is 9.31. The van der Waals surface area contributed by atoms with Crippen LogP contribution in [0.1, 0.15) is 19.8 Å². The Balaban J connectivity index is 1.91. The summed E-state index contributed by atoms with van der Waals surface area (Å²) in [5.74, 6) is 0. The Morgan fingerprint density at radius 3 is 2.46 bits per heavy atom. The van der Waals surface area contributed by atoms with Gasteiger partial charge in [0.25, 0.3) is 0 Å². The van der Waals surface area contributed by atoms with Crippen LogP contribution < -0.4 is 11.1 Å². The molecule has 1 aliphatic heterocycles. The van der Waals surface area contributed by atoms with E-state index >= 15 is 0 Å². The first kappa shape index (κ1) is 9.44. The van der Waals surface area contributed by atoms with Gasteiger partial charge in [0.1, 0.15) is 0 Å². The lowest BCUT2D eigenvalue weighted by molar-refractivity contribution is 0.128. The molecule has 2 rings (SSSR count). The minimum absolute atomic E-state index is 0.483. The van der Waals surface area contributed by atoms with Crippen molar-refractivity contribution in [3.05, 3.63) is 0 Å². The molecule has 0 spiro atoms. The summed E-state index contributed by atoms with van der Waals surface area (Å²) >= 11 is 0. The fourth-order valence-corrected chi connectivity index (χ4v) is 2.41. The molecule has 0 bridgehead atoms. The van der Waals surface area contributed by atoms with Crippen molar-refractivity contribution in [2.75, 3.05) is 32.7 Å². The zero-order valence-corrected chi connectivity index (χ0v) is 8.55. The van der Waals surface area contributed by atoms with E-state index in [0.717, 1.165) is 19.6 Å². The van der Waals surface area contributed by atoms with Crippen LogP contribution in [0, 0.1) is 5.41 Å². The second-order valence-corrected chi connectivity index (χ2v) is 4.53. The molecule has 1 atom stereocenters. The van der Waals surface area contributed by atoms with Crippen molar-refractivity contribution in [2.45, 2.75) is 25.8 Å². The summed E-state index contributed by atoms with van der Waals surface area (Å²) in [5.41, 5.74) is 6.32. The van der Waals surface area contributed by atoms with Gasteiger partial charge in [-0.25, -0.2) is 0 Å². The quantitative estimate of drug-likeness (QED) is 0.648. The fraction of sp³-hybridized carbons (Fsp3) is 1.00. The van der Waals surface area contributed by atoms with Gasteiger partial charge in [-0.1, -0.05) is 0 Å². The molecule has 76 valence electrons. The van der Waals surface area contributed by atoms with E-state index < -0.39 is 0 Å². The molecule has 13 heavy (non-hydrogen) atoms. The lowest BCUT2D eigenvalue weighted by Crippen LogP contribution is -2.51. The number of hydrogen-bond acceptors (Lipinski definition) is 3. The van der Waals surface area contributed by atoms with Gasteiger partial charge >= 0.3 is 0 Å². The van der Waals surface area contributed by atoms with Crippen LogP contribution in [0.2, 0.25) is 0 Å². The molecule has 3 heteroatoms. The van der Waals surface area contributed by atoms with Gasteiger partial charge in [0.2, 0.25) is 0 Å². The van der Waals surface area contributed by atoms with E-state index in [0.29, 0.717) is 11.5 Å². The Labute approximate surface area is 80.7 Å². The van der Waals surface area contributed by atoms with Crippen LogP contribution >= 0.6 is 0 Å². The highest BCUT2D eigenvalue weighted by molar-refractivity contribution is 5.02. The molecule has 0 aromatic rings. The molecule has 0 aromatic heterocycles. The first-order valence-electron chi connectivity index (χ1n) is 5.43. The topological polar surface area (TPSA) is 41.3 Å². The minimum Gasteiger partial charge on any atom is -0.330 e. The number of hydrogen-bond donors (Lipinski definition) is 2. The summed E-state index contributed by atoms with van der Waals surface area (Å²) in [7, 11) is 0. The number of piperazine rings is 1. The largest absolute Gasteiger partial charge is 0.330 e. The van der Waals surface area contributed by atoms with E-state index in [1.54, 1.807) is 0 Å². The molecule has 1 aliphatic carbocycles. The Morgan fingerprint density at radius 1 is 1.38 bits per heavy atom. The van der Waals surface area contributed by atoms with Crippen LogP contribution in [0.15, 0.2) is 0 Å². The Hall–Kier alpha value is -0.120. The van der Waals surface area contributed by atoms with Crippen LogP contribution in [0.25, 0.3) is 0 Å². The number of nitrogens with zero attached hydrogens (tertiary/aromatic N) is 1. The van der Waals surface area contributed by atoms with E-state index in [9.17, 15) is 0 Å². The van der Waals surface area contributed by atoms with Crippen molar-refractivity contribution in [3.8, 4) is 0 Å². The lowest BCUT2D eigenvalue weighted by Gasteiger charge is -2.37. The molecule has 0 aromatic carbocycles. The average molecular weight is 183 g/mol. The maximum absolute atomic E-state index is 5.83. The highest BCUT2D eigenvalue weighted by atomic mass is 15.2. The van der Waals surface area contributed by atoms with Crippen LogP contribution in [0.5, 0.6) is 0 Å². The van der Waals surface area contributed by atoms with Crippen LogP contribution in [0.4, 0.5) is 0 Å². The fourth-order valence-electron chi connectivity index (χ4n) is 2.41. The summed E-state index contributed by atoms with van der Waals surface area (Å²) in [4.78, 5) is 2.59. The van der Waals surface area contributed by atoms with Crippen molar-refractivity contribution in [1.29, 1.82) is 0 Å². The maximum Gasteiger partial charge on any atom is 0.0136 e. The first-order chi connectivity index (χ1) is 6.28. The van der Waals surface area contributed by atoms with Crippen LogP contribution in [-0.4, -0.2) is 43.7 Å². The normalized spacial score (nSPS) is 30.0. The summed E-state index contributed by atoms with van der Waals surface area (Å²) < 4.78 is 0. The van der Waals surface area contributed by atoms with Crippen LogP contribution in [-0.2, 0) is 0 Å². The van der Waals surface area contributed by atoms with Gasteiger partial charge in [-0.2, -0.15) is 0 Å². The zero-order valence-electron chi connectivity index (χ0n) is 8.55. The van der Waals surface area contributed by atoms with Gasteiger partial charge in [0.05, 0.1) is 0 Å². The smallest absolute Gasteiger partial charge is 0.0136 e. The van der Waals surface area contributed by atoms with Gasteiger partial charge in [-0.05, 0) is 31.7 Å². The maximum atomic E-state index is 5.83. The van der Waals surface area contributed by atoms with Crippen LogP contribution in [0.3, 0.4) is 0 Å². The number of rotatable bonds is 3. The summed E-state index contributed by atoms with van der Waals surface area (Å²) in [6, 6.07) is 0.694. The molecular weight excluding hydrogens is 162 g/mol. The Bertz CT molecular complexity index is 171. The van der Waals surface area contributed by atoms with Crippen molar-refractivity contribution < 1.29 is 0 Å². The Kier molecular flexibility index (Phi) is 2.58. The molecular formula is C10H21N3. The van der Waals surface area contributed by atoms with Gasteiger partial charge in [-0.15, -0.1) is 0 Å². The van der Waals surface area contributed by atoms with Gasteiger partial charge in [-0.3, -0.25) is 4.90 Å². The van der Waals surface area contributed by atoms with E-state index in [2.05, 4.69) is 17.1 Å². The highest BCUT2D eigenvalue weighted by Crippen LogP contribution is 2.49. The van der Waals surface area contributed by atoms with E-state index in [4.69, 9.17) is 5.73 Å². The van der Waals surface area contributed by atoms with Crippen molar-refractivity contribution >= 4 is 0 Å². The molecule has 0 radical (unpaired) electrons. The second kappa shape index (κ2) is 3.56. The predicted molar refractivity (Wildman–Crippen MR) is 54.6 cm³/mol. The van der Waals surface area contributed by atoms with Crippen molar-refractivity contribution in [2.24, 2.45) is 11.1 Å². The average Bonchev–Trinajstić information content (AvgIpc) is 2.99. The first-order valence-corrected chi connectivity index (χ1v) is 5.43. The SMILES string of the molecule is CC(N1CCNCC1)C1(CN)CC1. The monoisotopic (exact) mass is 183 g/mol. The van der Waals surface area contributed by atoms with Gasteiger partial charge in [0.15, 0.2) is 0 Å². The molecule has 3 nitrogen and oxygen atoms in total. The summed E-state index contributed by atoms with van der Waals surface area (Å²) in [6.07, 6.45) is 2.68. The highest BCUT2D eigenvalue weighted by Gasteiger charge is 2.48. The van der Waals surface area contributed by atoms with Gasteiger partial charge in [0, 0.05) is 32.2 Å². The Morgan fingerprint density at radius 2 is 2.00 bits per heavy atom. The predicted octanol–water partition coefficient (Wildman–Crippen LogP) is 0.0190. The molecule has 2 fully saturated rings. The third kappa shape index (κ3) is 1.73. The van der Waals surface area contributed by atoms with Crippen molar-refractivity contribution in [1.82, 2.24) is 10.2 Å². The van der Waals surface area contributed by atoms with Crippen molar-refractivity contribution in [3.63, 3.8) is 0 Å². The molecule has 1 saturated heterocycles. The standard InChI is InChI=1S/C10H21N3/c1-9(10(8-11)2-3-10)13-6-4-12-5-7-13/h9,12H,2-8,11H2,1H3. The summed E-state index contributed by atoms with van der Waals surface area (Å²) in [6.45, 7) is 7.91. The third-order valence-electron chi connectivity index (χ3n) is 3.88. The molecule has 2 aliphatic rings. The van der Waals surface area contributed by atoms with E-state index in [1.165, 1.54) is 25.9 Å². The molecule has 0 amide bonds. The lowest BCUT2D eigenvalue weighted by atomic mass is 9.96. The molecule has 1 unspecified atom stereocenters. The molecule has 1 saturated carbocycles. The third-order valence-corrected chi connectivity index (χ3v) is 3.88. The van der Waals surface area contributed by atoms with Gasteiger partial charge < -0.3 is 11.1 Å². The number of nitrogens with two attached hydrogens (primary N) is 1. The number of nitrogens with one attached hydrogen (secondary N) is 1. The second-order valence-electron chi connectivity index (χ2n) is 4.53. The molecule has 3 N–H and O–H groups in total.